The summed E-state index contributed by atoms with van der Waals surface area (Å²) in [5.41, 5.74) is 0.630. The zero-order chi connectivity index (χ0) is 19.2. The lowest BCUT2D eigenvalue weighted by Gasteiger charge is -2.40. The summed E-state index contributed by atoms with van der Waals surface area (Å²) in [4.78, 5) is 22.8. The first-order chi connectivity index (χ1) is 12.3. The summed E-state index contributed by atoms with van der Waals surface area (Å²) in [6.07, 6.45) is 1.67. The van der Waals surface area contributed by atoms with Gasteiger partial charge in [0.05, 0.1) is 11.0 Å². The predicted octanol–water partition coefficient (Wildman–Crippen LogP) is 2.56. The summed E-state index contributed by atoms with van der Waals surface area (Å²) >= 11 is 1.71. The van der Waals surface area contributed by atoms with Gasteiger partial charge in [-0.3, -0.25) is 4.99 Å². The first-order valence-electron chi connectivity index (χ1n) is 9.20. The number of aryl methyl sites for hydroxylation is 2. The van der Waals surface area contributed by atoms with Gasteiger partial charge in [0.2, 0.25) is 0 Å². The Hall–Kier alpha value is -1.83. The van der Waals surface area contributed by atoms with Crippen LogP contribution in [0.5, 0.6) is 0 Å². The molecule has 1 aliphatic rings. The molecule has 0 unspecified atom stereocenters. The number of amides is 1. The molecular weight excluding hydrogens is 350 g/mol. The Morgan fingerprint density at radius 1 is 1.46 bits per heavy atom. The van der Waals surface area contributed by atoms with E-state index < -0.39 is 5.60 Å². The first kappa shape index (κ1) is 20.5. The molecule has 0 bridgehead atoms. The van der Waals surface area contributed by atoms with Crippen molar-refractivity contribution in [3.05, 3.63) is 16.1 Å². The smallest absolute Gasteiger partial charge is 0.410 e. The summed E-state index contributed by atoms with van der Waals surface area (Å²) in [6, 6.07) is 0.210. The number of ether oxygens (including phenoxy) is 1. The number of thiazole rings is 1. The fourth-order valence-corrected chi connectivity index (χ4v) is 3.32. The second-order valence-electron chi connectivity index (χ2n) is 7.47. The Kier molecular flexibility index (Phi) is 7.25. The van der Waals surface area contributed by atoms with Crippen LogP contribution in [0.25, 0.3) is 0 Å². The second kappa shape index (κ2) is 9.21. The van der Waals surface area contributed by atoms with Crippen molar-refractivity contribution in [3.8, 4) is 0 Å². The van der Waals surface area contributed by atoms with Gasteiger partial charge in [-0.2, -0.15) is 0 Å². The van der Waals surface area contributed by atoms with Gasteiger partial charge < -0.3 is 20.3 Å². The summed E-state index contributed by atoms with van der Waals surface area (Å²) < 4.78 is 5.37. The van der Waals surface area contributed by atoms with E-state index >= 15 is 0 Å². The van der Waals surface area contributed by atoms with Gasteiger partial charge in [0.25, 0.3) is 0 Å². The molecule has 0 spiro atoms. The molecule has 1 fully saturated rings. The maximum absolute atomic E-state index is 12.0. The fraction of sp³-hybridized carbons (Fsp3) is 0.722. The molecule has 0 atom stereocenters. The van der Waals surface area contributed by atoms with Crippen molar-refractivity contribution in [2.24, 2.45) is 4.99 Å². The average molecular weight is 382 g/mol. The van der Waals surface area contributed by atoms with E-state index in [1.807, 2.05) is 34.6 Å². The van der Waals surface area contributed by atoms with Crippen LogP contribution < -0.4 is 10.6 Å². The molecule has 8 heteroatoms. The molecule has 1 aromatic heterocycles. The molecule has 2 N–H and O–H groups in total. The average Bonchev–Trinajstić information content (AvgIpc) is 2.90. The normalized spacial score (nSPS) is 15.6. The van der Waals surface area contributed by atoms with Crippen LogP contribution in [0.1, 0.15) is 44.8 Å². The first-order valence-corrected chi connectivity index (χ1v) is 10.1. The van der Waals surface area contributed by atoms with E-state index in [0.717, 1.165) is 37.6 Å². The summed E-state index contributed by atoms with van der Waals surface area (Å²) in [6.45, 7) is 12.5. The molecule has 1 aliphatic heterocycles. The standard InChI is InChI=1S/C18H31N5O2S/c1-6-19-16(20-9-7-8-15-21-13(2)12-26-15)22-14-10-23(11-14)17(24)25-18(3,4)5/h12,14H,6-11H2,1-5H3,(H2,19,20,22). The number of rotatable bonds is 6. The molecule has 1 saturated heterocycles. The van der Waals surface area contributed by atoms with Crippen molar-refractivity contribution in [2.45, 2.75) is 59.1 Å². The SMILES string of the molecule is CCNC(=NCCCc1nc(C)cs1)NC1CN(C(=O)OC(C)(C)C)C1. The van der Waals surface area contributed by atoms with Crippen LogP contribution in [-0.4, -0.2) is 59.8 Å². The third-order valence-electron chi connectivity index (χ3n) is 3.70. The Morgan fingerprint density at radius 3 is 2.77 bits per heavy atom. The Morgan fingerprint density at radius 2 is 2.19 bits per heavy atom. The molecule has 2 rings (SSSR count). The Bertz CT molecular complexity index is 617. The third kappa shape index (κ3) is 6.82. The van der Waals surface area contributed by atoms with Gasteiger partial charge in [0.1, 0.15) is 5.60 Å². The molecule has 0 aliphatic carbocycles. The highest BCUT2D eigenvalue weighted by Gasteiger charge is 2.34. The number of nitrogens with zero attached hydrogens (tertiary/aromatic N) is 3. The summed E-state index contributed by atoms with van der Waals surface area (Å²) in [5.74, 6) is 0.802. The molecule has 0 radical (unpaired) electrons. The maximum Gasteiger partial charge on any atom is 0.410 e. The van der Waals surface area contributed by atoms with Crippen LogP contribution >= 0.6 is 11.3 Å². The molecule has 1 amide bonds. The Labute approximate surface area is 160 Å². The fourth-order valence-electron chi connectivity index (χ4n) is 2.50. The quantitative estimate of drug-likeness (QED) is 0.450. The molecule has 0 aromatic carbocycles. The highest BCUT2D eigenvalue weighted by Crippen LogP contribution is 2.15. The monoisotopic (exact) mass is 381 g/mol. The van der Waals surface area contributed by atoms with E-state index in [9.17, 15) is 4.79 Å². The predicted molar refractivity (Wildman–Crippen MR) is 106 cm³/mol. The highest BCUT2D eigenvalue weighted by molar-refractivity contribution is 7.09. The third-order valence-corrected chi connectivity index (χ3v) is 4.73. The minimum atomic E-state index is -0.456. The number of nitrogens with one attached hydrogen (secondary N) is 2. The van der Waals surface area contributed by atoms with Crippen LogP contribution in [0.15, 0.2) is 10.4 Å². The minimum Gasteiger partial charge on any atom is -0.444 e. The lowest BCUT2D eigenvalue weighted by Crippen LogP contribution is -2.63. The molecule has 7 nitrogen and oxygen atoms in total. The zero-order valence-corrected chi connectivity index (χ0v) is 17.3. The molecule has 2 heterocycles. The second-order valence-corrected chi connectivity index (χ2v) is 8.42. The van der Waals surface area contributed by atoms with Gasteiger partial charge in [0.15, 0.2) is 5.96 Å². The van der Waals surface area contributed by atoms with E-state index in [2.05, 4.69) is 26.0 Å². The van der Waals surface area contributed by atoms with E-state index in [1.54, 1.807) is 16.2 Å². The maximum atomic E-state index is 12.0. The van der Waals surface area contributed by atoms with E-state index in [0.29, 0.717) is 13.1 Å². The van der Waals surface area contributed by atoms with Crippen LogP contribution in [0.2, 0.25) is 0 Å². The van der Waals surface area contributed by atoms with Gasteiger partial charge in [0, 0.05) is 43.7 Å². The number of hydrogen-bond acceptors (Lipinski definition) is 5. The van der Waals surface area contributed by atoms with Crippen LogP contribution in [-0.2, 0) is 11.2 Å². The van der Waals surface area contributed by atoms with Crippen molar-refractivity contribution < 1.29 is 9.53 Å². The van der Waals surface area contributed by atoms with Gasteiger partial charge in [-0.1, -0.05) is 0 Å². The Balaban J connectivity index is 1.72. The van der Waals surface area contributed by atoms with Crippen LogP contribution in [0.3, 0.4) is 0 Å². The lowest BCUT2D eigenvalue weighted by atomic mass is 10.1. The van der Waals surface area contributed by atoms with Gasteiger partial charge >= 0.3 is 6.09 Å². The number of aliphatic imine (C=N–C) groups is 1. The minimum absolute atomic E-state index is 0.210. The van der Waals surface area contributed by atoms with Gasteiger partial charge in [-0.25, -0.2) is 9.78 Å². The van der Waals surface area contributed by atoms with Gasteiger partial charge in [-0.05, 0) is 41.0 Å². The highest BCUT2D eigenvalue weighted by atomic mass is 32.1. The van der Waals surface area contributed by atoms with Crippen molar-refractivity contribution >= 4 is 23.4 Å². The van der Waals surface area contributed by atoms with Crippen molar-refractivity contribution in [1.29, 1.82) is 0 Å². The summed E-state index contributed by atoms with van der Waals surface area (Å²) in [5, 5.41) is 9.89. The summed E-state index contributed by atoms with van der Waals surface area (Å²) in [7, 11) is 0. The molecule has 146 valence electrons. The number of carbonyl (C=O) groups is 1. The van der Waals surface area contributed by atoms with E-state index in [1.165, 1.54) is 5.01 Å². The van der Waals surface area contributed by atoms with Gasteiger partial charge in [-0.15, -0.1) is 11.3 Å². The molecular formula is C18H31N5O2S. The molecule has 1 aromatic rings. The zero-order valence-electron chi connectivity index (χ0n) is 16.5. The van der Waals surface area contributed by atoms with Crippen molar-refractivity contribution in [3.63, 3.8) is 0 Å². The van der Waals surface area contributed by atoms with Crippen LogP contribution in [0, 0.1) is 6.92 Å². The number of hydrogen-bond donors (Lipinski definition) is 2. The van der Waals surface area contributed by atoms with Crippen molar-refractivity contribution in [2.75, 3.05) is 26.2 Å². The van der Waals surface area contributed by atoms with E-state index in [4.69, 9.17) is 4.74 Å². The number of carbonyl (C=O) groups excluding carboxylic acids is 1. The van der Waals surface area contributed by atoms with Crippen LogP contribution in [0.4, 0.5) is 4.79 Å². The number of aromatic nitrogens is 1. The number of likely N-dealkylation sites (tertiary alicyclic amines) is 1. The molecule has 0 saturated carbocycles. The topological polar surface area (TPSA) is 78.9 Å². The number of guanidine groups is 1. The largest absolute Gasteiger partial charge is 0.444 e. The lowest BCUT2D eigenvalue weighted by molar-refractivity contribution is 0.00701. The van der Waals surface area contributed by atoms with Crippen molar-refractivity contribution in [1.82, 2.24) is 20.5 Å². The van der Waals surface area contributed by atoms with E-state index in [-0.39, 0.29) is 12.1 Å². The molecule has 26 heavy (non-hydrogen) atoms.